The van der Waals surface area contributed by atoms with Crippen LogP contribution in [0.5, 0.6) is 5.75 Å². The summed E-state index contributed by atoms with van der Waals surface area (Å²) in [5.74, 6) is 2.44. The van der Waals surface area contributed by atoms with Crippen molar-refractivity contribution >= 4 is 33.0 Å². The van der Waals surface area contributed by atoms with Crippen LogP contribution < -0.4 is 10.1 Å². The lowest BCUT2D eigenvalue weighted by Gasteiger charge is -2.30. The number of nitrogens with one attached hydrogen (secondary N) is 1. The van der Waals surface area contributed by atoms with Crippen molar-refractivity contribution in [2.45, 2.75) is 24.0 Å². The Morgan fingerprint density at radius 3 is 2.71 bits per heavy atom. The van der Waals surface area contributed by atoms with Crippen LogP contribution in [0.2, 0.25) is 0 Å². The number of nitrogens with zero attached hydrogens (tertiary/aromatic N) is 1. The Labute approximate surface area is 169 Å². The summed E-state index contributed by atoms with van der Waals surface area (Å²) in [7, 11) is -3.56. The Morgan fingerprint density at radius 1 is 1.32 bits per heavy atom. The Bertz CT molecular complexity index is 974. The number of hydrogen-bond donors (Lipinski definition) is 1. The zero-order valence-corrected chi connectivity index (χ0v) is 17.2. The van der Waals surface area contributed by atoms with Crippen LogP contribution in [0.4, 0.5) is 5.69 Å². The number of ether oxygens (including phenoxy) is 1. The summed E-state index contributed by atoms with van der Waals surface area (Å²) in [6.45, 7) is 2.68. The van der Waals surface area contributed by atoms with Gasteiger partial charge in [-0.15, -0.1) is 17.8 Å². The summed E-state index contributed by atoms with van der Waals surface area (Å²) in [4.78, 5) is 13.6. The second kappa shape index (κ2) is 8.78. The van der Waals surface area contributed by atoms with Crippen molar-refractivity contribution in [3.63, 3.8) is 0 Å². The van der Waals surface area contributed by atoms with Crippen LogP contribution in [0.1, 0.15) is 17.7 Å². The van der Waals surface area contributed by atoms with Crippen LogP contribution in [0.3, 0.4) is 0 Å². The molecule has 2 aromatic rings. The number of amides is 1. The molecule has 1 aliphatic heterocycles. The molecular weight excluding hydrogens is 396 g/mol. The van der Waals surface area contributed by atoms with Crippen LogP contribution in [0.15, 0.2) is 40.6 Å². The van der Waals surface area contributed by atoms with Crippen molar-refractivity contribution in [1.82, 2.24) is 4.31 Å². The highest BCUT2D eigenvalue weighted by atomic mass is 32.2. The highest BCUT2D eigenvalue weighted by Crippen LogP contribution is 2.28. The molecule has 1 saturated heterocycles. The minimum atomic E-state index is -3.56. The SMILES string of the molecule is C#CCOc1ccc(NC(=O)C2CCCN(S(=O)(=O)c3ccc(C)s3)C2)cc1. The smallest absolute Gasteiger partial charge is 0.252 e. The first-order chi connectivity index (χ1) is 13.4. The highest BCUT2D eigenvalue weighted by Gasteiger charge is 2.34. The Balaban J connectivity index is 1.63. The van der Waals surface area contributed by atoms with Crippen LogP contribution >= 0.6 is 11.3 Å². The van der Waals surface area contributed by atoms with E-state index in [4.69, 9.17) is 11.2 Å². The maximum atomic E-state index is 12.8. The average Bonchev–Trinajstić information content (AvgIpc) is 3.15. The van der Waals surface area contributed by atoms with E-state index in [0.717, 1.165) is 4.88 Å². The maximum absolute atomic E-state index is 12.8. The maximum Gasteiger partial charge on any atom is 0.252 e. The van der Waals surface area contributed by atoms with E-state index >= 15 is 0 Å². The molecule has 1 aromatic heterocycles. The summed E-state index contributed by atoms with van der Waals surface area (Å²) >= 11 is 1.25. The van der Waals surface area contributed by atoms with Gasteiger partial charge in [0, 0.05) is 23.7 Å². The first-order valence-electron chi connectivity index (χ1n) is 8.94. The van der Waals surface area contributed by atoms with E-state index in [2.05, 4.69) is 11.2 Å². The molecule has 1 fully saturated rings. The molecule has 0 radical (unpaired) electrons. The fourth-order valence-electron chi connectivity index (χ4n) is 3.06. The molecule has 1 unspecified atom stereocenters. The quantitative estimate of drug-likeness (QED) is 0.732. The predicted octanol–water partition coefficient (Wildman–Crippen LogP) is 3.11. The zero-order valence-electron chi connectivity index (χ0n) is 15.6. The molecule has 1 amide bonds. The van der Waals surface area contributed by atoms with E-state index in [-0.39, 0.29) is 25.0 Å². The molecule has 28 heavy (non-hydrogen) atoms. The van der Waals surface area contributed by atoms with Gasteiger partial charge in [-0.3, -0.25) is 4.79 Å². The Hall–Kier alpha value is -2.34. The lowest BCUT2D eigenvalue weighted by Crippen LogP contribution is -2.43. The fourth-order valence-corrected chi connectivity index (χ4v) is 6.02. The van der Waals surface area contributed by atoms with Crippen molar-refractivity contribution in [3.8, 4) is 18.1 Å². The molecule has 0 spiro atoms. The lowest BCUT2D eigenvalue weighted by molar-refractivity contribution is -0.120. The van der Waals surface area contributed by atoms with Crippen LogP contribution in [-0.2, 0) is 14.8 Å². The van der Waals surface area contributed by atoms with Crippen LogP contribution in [-0.4, -0.2) is 38.3 Å². The number of rotatable bonds is 6. The van der Waals surface area contributed by atoms with Gasteiger partial charge in [-0.1, -0.05) is 5.92 Å². The minimum Gasteiger partial charge on any atom is -0.481 e. The van der Waals surface area contributed by atoms with Crippen molar-refractivity contribution in [2.24, 2.45) is 5.92 Å². The summed E-state index contributed by atoms with van der Waals surface area (Å²) in [5.41, 5.74) is 0.631. The third kappa shape index (κ3) is 4.73. The standard InChI is InChI=1S/C20H22N2O4S2/c1-3-13-26-18-9-7-17(8-10-18)21-20(23)16-5-4-12-22(14-16)28(24,25)19-11-6-15(2)27-19/h1,6-11,16H,4-5,12-14H2,2H3,(H,21,23). The second-order valence-corrected chi connectivity index (χ2v) is 10.0. The predicted molar refractivity (Wildman–Crippen MR) is 110 cm³/mol. The van der Waals surface area contributed by atoms with Crippen molar-refractivity contribution < 1.29 is 17.9 Å². The summed E-state index contributed by atoms with van der Waals surface area (Å²) in [6, 6.07) is 10.3. The topological polar surface area (TPSA) is 75.7 Å². The van der Waals surface area contributed by atoms with Gasteiger partial charge in [-0.05, 0) is 56.2 Å². The highest BCUT2D eigenvalue weighted by molar-refractivity contribution is 7.91. The monoisotopic (exact) mass is 418 g/mol. The number of terminal acetylenes is 1. The molecule has 0 saturated carbocycles. The van der Waals surface area contributed by atoms with Gasteiger partial charge in [0.1, 0.15) is 16.6 Å². The van der Waals surface area contributed by atoms with Crippen molar-refractivity contribution in [2.75, 3.05) is 25.0 Å². The van der Waals surface area contributed by atoms with Crippen molar-refractivity contribution in [1.29, 1.82) is 0 Å². The molecule has 1 aliphatic rings. The normalized spacial score (nSPS) is 17.6. The molecule has 0 bridgehead atoms. The molecule has 148 valence electrons. The first kappa shape index (κ1) is 20.4. The van der Waals surface area contributed by atoms with E-state index in [1.54, 1.807) is 36.4 Å². The summed E-state index contributed by atoms with van der Waals surface area (Å²) in [6.07, 6.45) is 6.47. The molecule has 1 aromatic carbocycles. The fraction of sp³-hybridized carbons (Fsp3) is 0.350. The molecule has 2 heterocycles. The third-order valence-electron chi connectivity index (χ3n) is 4.51. The third-order valence-corrected chi connectivity index (χ3v) is 7.84. The number of hydrogen-bond acceptors (Lipinski definition) is 5. The minimum absolute atomic E-state index is 0.181. The van der Waals surface area contributed by atoms with Gasteiger partial charge in [0.15, 0.2) is 0 Å². The molecule has 3 rings (SSSR count). The van der Waals surface area contributed by atoms with Gasteiger partial charge >= 0.3 is 0 Å². The number of carbonyl (C=O) groups is 1. The van der Waals surface area contributed by atoms with E-state index in [1.807, 2.05) is 6.92 Å². The number of piperidine rings is 1. The van der Waals surface area contributed by atoms with E-state index in [1.165, 1.54) is 15.6 Å². The zero-order chi connectivity index (χ0) is 20.1. The van der Waals surface area contributed by atoms with E-state index in [9.17, 15) is 13.2 Å². The Kier molecular flexibility index (Phi) is 6.39. The van der Waals surface area contributed by atoms with Crippen molar-refractivity contribution in [3.05, 3.63) is 41.3 Å². The van der Waals surface area contributed by atoms with Gasteiger partial charge < -0.3 is 10.1 Å². The lowest BCUT2D eigenvalue weighted by atomic mass is 9.99. The molecular formula is C20H22N2O4S2. The van der Waals surface area contributed by atoms with Crippen LogP contribution in [0, 0.1) is 25.2 Å². The molecule has 6 nitrogen and oxygen atoms in total. The number of sulfonamides is 1. The largest absolute Gasteiger partial charge is 0.481 e. The first-order valence-corrected chi connectivity index (χ1v) is 11.2. The summed E-state index contributed by atoms with van der Waals surface area (Å²) in [5, 5.41) is 2.86. The molecule has 1 N–H and O–H groups in total. The number of thiophene rings is 1. The molecule has 0 aliphatic carbocycles. The van der Waals surface area contributed by atoms with Gasteiger partial charge in [0.25, 0.3) is 10.0 Å². The number of benzene rings is 1. The number of anilines is 1. The second-order valence-electron chi connectivity index (χ2n) is 6.57. The van der Waals surface area contributed by atoms with Gasteiger partial charge in [0.05, 0.1) is 5.92 Å². The Morgan fingerprint density at radius 2 is 2.07 bits per heavy atom. The molecule has 8 heteroatoms. The number of carbonyl (C=O) groups excluding carboxylic acids is 1. The van der Waals surface area contributed by atoms with E-state index < -0.39 is 10.0 Å². The summed E-state index contributed by atoms with van der Waals surface area (Å²) < 4.78 is 32.7. The van der Waals surface area contributed by atoms with E-state index in [0.29, 0.717) is 35.0 Å². The van der Waals surface area contributed by atoms with Gasteiger partial charge in [-0.2, -0.15) is 4.31 Å². The molecule has 1 atom stereocenters. The van der Waals surface area contributed by atoms with Crippen LogP contribution in [0.25, 0.3) is 0 Å². The average molecular weight is 419 g/mol. The number of aryl methyl sites for hydroxylation is 1. The van der Waals surface area contributed by atoms with Gasteiger partial charge in [0.2, 0.25) is 5.91 Å². The van der Waals surface area contributed by atoms with Gasteiger partial charge in [-0.25, -0.2) is 8.42 Å².